The van der Waals surface area contributed by atoms with Crippen molar-refractivity contribution < 1.29 is 13.2 Å². The van der Waals surface area contributed by atoms with Crippen molar-refractivity contribution in [3.05, 3.63) is 88.8 Å². The Balaban J connectivity index is 1.50. The van der Waals surface area contributed by atoms with Crippen molar-refractivity contribution in [2.45, 2.75) is 36.6 Å². The van der Waals surface area contributed by atoms with Crippen LogP contribution in [0.4, 0.5) is 0 Å². The Morgan fingerprint density at radius 1 is 0.839 bits per heavy atom. The third-order valence-corrected chi connectivity index (χ3v) is 8.86. The predicted octanol–water partition coefficient (Wildman–Crippen LogP) is 4.30. The number of amides is 1. The fourth-order valence-electron chi connectivity index (χ4n) is 3.75. The van der Waals surface area contributed by atoms with Crippen LogP contribution in [0.1, 0.15) is 28.8 Å². The lowest BCUT2D eigenvalue weighted by atomic mass is 10.1. The first-order valence-electron chi connectivity index (χ1n) is 10.5. The van der Waals surface area contributed by atoms with Crippen LogP contribution in [-0.2, 0) is 34.3 Å². The molecule has 2 aromatic carbocycles. The monoisotopic (exact) mass is 454 g/mol. The van der Waals surface area contributed by atoms with Gasteiger partial charge < -0.3 is 4.90 Å². The Labute approximate surface area is 188 Å². The first-order chi connectivity index (χ1) is 15.0. The maximum atomic E-state index is 13.2. The van der Waals surface area contributed by atoms with Crippen molar-refractivity contribution in [1.29, 1.82) is 0 Å². The van der Waals surface area contributed by atoms with Gasteiger partial charge >= 0.3 is 0 Å². The van der Waals surface area contributed by atoms with E-state index in [-0.39, 0.29) is 12.3 Å². The normalized spacial score (nSPS) is 14.6. The van der Waals surface area contributed by atoms with E-state index in [2.05, 4.69) is 0 Å². The minimum absolute atomic E-state index is 0.0142. The van der Waals surface area contributed by atoms with Gasteiger partial charge in [0.25, 0.3) is 10.0 Å². The molecule has 0 N–H and O–H groups in total. The molecule has 0 radical (unpaired) electrons. The smallest absolute Gasteiger partial charge is 0.252 e. The minimum atomic E-state index is -3.44. The number of hydrogen-bond acceptors (Lipinski definition) is 4. The zero-order valence-corrected chi connectivity index (χ0v) is 18.9. The van der Waals surface area contributed by atoms with Crippen LogP contribution in [0, 0.1) is 0 Å². The average Bonchev–Trinajstić information content (AvgIpc) is 3.48. The van der Waals surface area contributed by atoms with E-state index >= 15 is 0 Å². The molecule has 0 unspecified atom stereocenters. The van der Waals surface area contributed by atoms with Crippen LogP contribution in [0.25, 0.3) is 0 Å². The highest BCUT2D eigenvalue weighted by molar-refractivity contribution is 7.91. The molecule has 7 heteroatoms. The maximum absolute atomic E-state index is 13.2. The van der Waals surface area contributed by atoms with E-state index in [1.54, 1.807) is 16.4 Å². The van der Waals surface area contributed by atoms with E-state index < -0.39 is 10.0 Å². The molecule has 0 aliphatic carbocycles. The third kappa shape index (κ3) is 5.42. The van der Waals surface area contributed by atoms with Crippen LogP contribution in [0.2, 0.25) is 0 Å². The molecule has 5 nitrogen and oxygen atoms in total. The highest BCUT2D eigenvalue weighted by Crippen LogP contribution is 2.28. The van der Waals surface area contributed by atoms with Crippen molar-refractivity contribution in [1.82, 2.24) is 9.21 Å². The average molecular weight is 455 g/mol. The summed E-state index contributed by atoms with van der Waals surface area (Å²) in [5.74, 6) is -0.0142. The standard InChI is InChI=1S/C24H26N2O3S2/c27-23(17-22-13-14-24(30-22)31(28,29)26-15-7-8-16-26)25(18-20-9-3-1-4-10-20)19-21-11-5-2-6-12-21/h1-6,9-14H,7-8,15-19H2. The minimum Gasteiger partial charge on any atom is -0.334 e. The van der Waals surface area contributed by atoms with E-state index in [0.29, 0.717) is 30.4 Å². The van der Waals surface area contributed by atoms with E-state index in [9.17, 15) is 13.2 Å². The molecule has 4 rings (SSSR count). The molecule has 1 saturated heterocycles. The Bertz CT molecular complexity index is 1060. The SMILES string of the molecule is O=C(Cc1ccc(S(=O)(=O)N2CCCC2)s1)N(Cc1ccccc1)Cc1ccccc1. The molecule has 31 heavy (non-hydrogen) atoms. The molecule has 162 valence electrons. The molecule has 0 spiro atoms. The largest absolute Gasteiger partial charge is 0.334 e. The summed E-state index contributed by atoms with van der Waals surface area (Å²) in [6, 6.07) is 23.2. The van der Waals surface area contributed by atoms with Crippen molar-refractivity contribution >= 4 is 27.3 Å². The lowest BCUT2D eigenvalue weighted by molar-refractivity contribution is -0.131. The van der Waals surface area contributed by atoms with Crippen molar-refractivity contribution in [2.75, 3.05) is 13.1 Å². The molecule has 0 bridgehead atoms. The van der Waals surface area contributed by atoms with Crippen LogP contribution in [0.3, 0.4) is 0 Å². The second kappa shape index (κ2) is 9.77. The summed E-state index contributed by atoms with van der Waals surface area (Å²) in [4.78, 5) is 15.8. The zero-order valence-electron chi connectivity index (χ0n) is 17.3. The van der Waals surface area contributed by atoms with Gasteiger partial charge in [0.05, 0.1) is 6.42 Å². The molecule has 3 aromatic rings. The first kappa shape index (κ1) is 21.7. The van der Waals surface area contributed by atoms with Crippen LogP contribution in [-0.4, -0.2) is 36.6 Å². The molecule has 1 aliphatic heterocycles. The number of sulfonamides is 1. The summed E-state index contributed by atoms with van der Waals surface area (Å²) in [7, 11) is -3.44. The molecule has 1 amide bonds. The van der Waals surface area contributed by atoms with Gasteiger partial charge in [-0.1, -0.05) is 60.7 Å². The lowest BCUT2D eigenvalue weighted by Crippen LogP contribution is -2.31. The zero-order chi connectivity index (χ0) is 21.7. The Hall–Kier alpha value is -2.48. The second-order valence-electron chi connectivity index (χ2n) is 7.73. The van der Waals surface area contributed by atoms with E-state index in [4.69, 9.17) is 0 Å². The predicted molar refractivity (Wildman–Crippen MR) is 123 cm³/mol. The summed E-state index contributed by atoms with van der Waals surface area (Å²) >= 11 is 1.21. The summed E-state index contributed by atoms with van der Waals surface area (Å²) in [5, 5.41) is 0. The van der Waals surface area contributed by atoms with Crippen molar-refractivity contribution in [3.8, 4) is 0 Å². The first-order valence-corrected chi connectivity index (χ1v) is 12.7. The second-order valence-corrected chi connectivity index (χ2v) is 11.1. The maximum Gasteiger partial charge on any atom is 0.252 e. The summed E-state index contributed by atoms with van der Waals surface area (Å²) in [6.07, 6.45) is 2.01. The number of thiophene rings is 1. The van der Waals surface area contributed by atoms with Gasteiger partial charge in [0.1, 0.15) is 4.21 Å². The highest BCUT2D eigenvalue weighted by Gasteiger charge is 2.29. The Kier molecular flexibility index (Phi) is 6.85. The summed E-state index contributed by atoms with van der Waals surface area (Å²) in [5.41, 5.74) is 2.13. The number of hydrogen-bond donors (Lipinski definition) is 0. The summed E-state index contributed by atoms with van der Waals surface area (Å²) in [6.45, 7) is 2.19. The van der Waals surface area contributed by atoms with Gasteiger partial charge in [-0.05, 0) is 36.1 Å². The van der Waals surface area contributed by atoms with Gasteiger partial charge in [-0.15, -0.1) is 11.3 Å². The van der Waals surface area contributed by atoms with Gasteiger partial charge in [0.2, 0.25) is 5.91 Å². The molecule has 2 heterocycles. The fourth-order valence-corrected chi connectivity index (χ4v) is 6.77. The number of carbonyl (C=O) groups is 1. The molecular weight excluding hydrogens is 428 g/mol. The molecule has 1 aliphatic rings. The quantitative estimate of drug-likeness (QED) is 0.510. The third-order valence-electron chi connectivity index (χ3n) is 5.41. The lowest BCUT2D eigenvalue weighted by Gasteiger charge is -2.23. The number of rotatable bonds is 8. The molecule has 0 saturated carbocycles. The van der Waals surface area contributed by atoms with E-state index in [0.717, 1.165) is 28.8 Å². The van der Waals surface area contributed by atoms with Crippen LogP contribution in [0.5, 0.6) is 0 Å². The van der Waals surface area contributed by atoms with E-state index in [1.165, 1.54) is 11.3 Å². The molecule has 0 atom stereocenters. The Morgan fingerprint density at radius 2 is 1.39 bits per heavy atom. The number of nitrogens with zero attached hydrogens (tertiary/aromatic N) is 2. The molecule has 1 aromatic heterocycles. The van der Waals surface area contributed by atoms with Gasteiger partial charge in [0, 0.05) is 31.1 Å². The van der Waals surface area contributed by atoms with Crippen molar-refractivity contribution in [3.63, 3.8) is 0 Å². The Morgan fingerprint density at radius 3 is 1.94 bits per heavy atom. The van der Waals surface area contributed by atoms with Gasteiger partial charge in [-0.2, -0.15) is 4.31 Å². The fraction of sp³-hybridized carbons (Fsp3) is 0.292. The van der Waals surface area contributed by atoms with Crippen LogP contribution in [0.15, 0.2) is 77.0 Å². The van der Waals surface area contributed by atoms with Crippen molar-refractivity contribution in [2.24, 2.45) is 0 Å². The number of benzene rings is 2. The number of carbonyl (C=O) groups excluding carboxylic acids is 1. The van der Waals surface area contributed by atoms with E-state index in [1.807, 2.05) is 65.6 Å². The van der Waals surface area contributed by atoms with Gasteiger partial charge in [-0.3, -0.25) is 4.79 Å². The van der Waals surface area contributed by atoms with Gasteiger partial charge in [-0.25, -0.2) is 8.42 Å². The topological polar surface area (TPSA) is 57.7 Å². The molecule has 1 fully saturated rings. The summed E-state index contributed by atoms with van der Waals surface area (Å²) < 4.78 is 27.5. The highest BCUT2D eigenvalue weighted by atomic mass is 32.2. The van der Waals surface area contributed by atoms with Gasteiger partial charge in [0.15, 0.2) is 0 Å². The van der Waals surface area contributed by atoms with Crippen LogP contribution < -0.4 is 0 Å². The van der Waals surface area contributed by atoms with Crippen LogP contribution >= 0.6 is 11.3 Å². The molecular formula is C24H26N2O3S2.